The molecular formula is C15H15FN2. The van der Waals surface area contributed by atoms with Gasteiger partial charge in [0.2, 0.25) is 0 Å². The predicted octanol–water partition coefficient (Wildman–Crippen LogP) is 3.29. The summed E-state index contributed by atoms with van der Waals surface area (Å²) < 4.78 is 13.1. The van der Waals surface area contributed by atoms with Crippen LogP contribution in [-0.4, -0.2) is 5.84 Å². The Hall–Kier alpha value is -2.16. The minimum atomic E-state index is -0.257. The molecule has 2 aromatic carbocycles. The van der Waals surface area contributed by atoms with E-state index >= 15 is 0 Å². The average Bonchev–Trinajstić information content (AvgIpc) is 2.39. The lowest BCUT2D eigenvalue weighted by atomic mass is 10.1. The molecule has 0 saturated carbocycles. The zero-order valence-electron chi connectivity index (χ0n) is 10.2. The molecule has 0 saturated heterocycles. The highest BCUT2D eigenvalue weighted by molar-refractivity contribution is 5.97. The molecule has 0 aliphatic rings. The van der Waals surface area contributed by atoms with E-state index in [1.54, 1.807) is 6.07 Å². The first-order valence-electron chi connectivity index (χ1n) is 5.81. The topological polar surface area (TPSA) is 38.4 Å². The highest BCUT2D eigenvalue weighted by Gasteiger charge is 2.06. The number of amidine groups is 1. The van der Waals surface area contributed by atoms with E-state index in [1.807, 2.05) is 43.3 Å². The predicted molar refractivity (Wildman–Crippen MR) is 72.0 cm³/mol. The Morgan fingerprint density at radius 1 is 1.11 bits per heavy atom. The Balaban J connectivity index is 2.23. The van der Waals surface area contributed by atoms with Crippen molar-refractivity contribution in [3.05, 3.63) is 71.5 Å². The van der Waals surface area contributed by atoms with Gasteiger partial charge in [-0.15, -0.1) is 0 Å². The SMILES string of the molecule is CC(N=C(N)c1ccccc1)c1cccc(F)c1. The molecule has 18 heavy (non-hydrogen) atoms. The molecule has 0 bridgehead atoms. The molecule has 0 aliphatic heterocycles. The molecule has 0 amide bonds. The molecule has 1 atom stereocenters. The Morgan fingerprint density at radius 2 is 1.83 bits per heavy atom. The summed E-state index contributed by atoms with van der Waals surface area (Å²) in [4.78, 5) is 4.39. The minimum Gasteiger partial charge on any atom is -0.383 e. The van der Waals surface area contributed by atoms with Crippen LogP contribution in [0.15, 0.2) is 59.6 Å². The number of halogens is 1. The number of aliphatic imine (C=N–C) groups is 1. The molecule has 0 radical (unpaired) electrons. The van der Waals surface area contributed by atoms with Crippen molar-refractivity contribution in [2.75, 3.05) is 0 Å². The maximum absolute atomic E-state index is 13.1. The number of nitrogens with zero attached hydrogens (tertiary/aromatic N) is 1. The van der Waals surface area contributed by atoms with Crippen LogP contribution in [0.3, 0.4) is 0 Å². The minimum absolute atomic E-state index is 0.166. The Morgan fingerprint density at radius 3 is 2.50 bits per heavy atom. The lowest BCUT2D eigenvalue weighted by Crippen LogP contribution is -2.14. The van der Waals surface area contributed by atoms with Gasteiger partial charge in [0.25, 0.3) is 0 Å². The van der Waals surface area contributed by atoms with Gasteiger partial charge in [-0.2, -0.15) is 0 Å². The number of hydrogen-bond donors (Lipinski definition) is 1. The fourth-order valence-electron chi connectivity index (χ4n) is 1.73. The van der Waals surface area contributed by atoms with Gasteiger partial charge < -0.3 is 5.73 Å². The molecular weight excluding hydrogens is 227 g/mol. The van der Waals surface area contributed by atoms with Crippen molar-refractivity contribution in [3.8, 4) is 0 Å². The maximum atomic E-state index is 13.1. The van der Waals surface area contributed by atoms with E-state index in [4.69, 9.17) is 5.73 Å². The lowest BCUT2D eigenvalue weighted by Gasteiger charge is -2.09. The van der Waals surface area contributed by atoms with E-state index in [2.05, 4.69) is 4.99 Å². The second-order valence-corrected chi connectivity index (χ2v) is 4.11. The van der Waals surface area contributed by atoms with Gasteiger partial charge in [0.1, 0.15) is 11.7 Å². The summed E-state index contributed by atoms with van der Waals surface area (Å²) >= 11 is 0. The number of hydrogen-bond acceptors (Lipinski definition) is 1. The number of nitrogens with two attached hydrogens (primary N) is 1. The van der Waals surface area contributed by atoms with Crippen molar-refractivity contribution in [1.82, 2.24) is 0 Å². The maximum Gasteiger partial charge on any atom is 0.126 e. The average molecular weight is 242 g/mol. The highest BCUT2D eigenvalue weighted by atomic mass is 19.1. The molecule has 2 N–H and O–H groups in total. The summed E-state index contributed by atoms with van der Waals surface area (Å²) in [6.45, 7) is 1.89. The first-order valence-corrected chi connectivity index (χ1v) is 5.81. The third-order valence-corrected chi connectivity index (χ3v) is 2.73. The van der Waals surface area contributed by atoms with Gasteiger partial charge in [-0.25, -0.2) is 4.39 Å². The number of benzene rings is 2. The van der Waals surface area contributed by atoms with Gasteiger partial charge in [0.05, 0.1) is 6.04 Å². The van der Waals surface area contributed by atoms with Crippen molar-refractivity contribution in [3.63, 3.8) is 0 Å². The Kier molecular flexibility index (Phi) is 3.72. The second-order valence-electron chi connectivity index (χ2n) is 4.11. The normalized spacial score (nSPS) is 13.3. The summed E-state index contributed by atoms with van der Waals surface area (Å²) in [6, 6.07) is 15.8. The van der Waals surface area contributed by atoms with Gasteiger partial charge in [-0.3, -0.25) is 4.99 Å². The van der Waals surface area contributed by atoms with Crippen LogP contribution in [0.1, 0.15) is 24.1 Å². The van der Waals surface area contributed by atoms with Crippen LogP contribution in [-0.2, 0) is 0 Å². The van der Waals surface area contributed by atoms with Crippen molar-refractivity contribution in [2.45, 2.75) is 13.0 Å². The molecule has 3 heteroatoms. The summed E-state index contributed by atoms with van der Waals surface area (Å²) in [5, 5.41) is 0. The van der Waals surface area contributed by atoms with Gasteiger partial charge >= 0.3 is 0 Å². The van der Waals surface area contributed by atoms with Crippen LogP contribution in [0.4, 0.5) is 4.39 Å². The molecule has 2 rings (SSSR count). The third-order valence-electron chi connectivity index (χ3n) is 2.73. The first-order chi connectivity index (χ1) is 8.66. The van der Waals surface area contributed by atoms with Gasteiger partial charge in [-0.05, 0) is 24.6 Å². The zero-order valence-corrected chi connectivity index (χ0v) is 10.2. The molecule has 1 unspecified atom stereocenters. The second kappa shape index (κ2) is 5.45. The van der Waals surface area contributed by atoms with Crippen molar-refractivity contribution in [1.29, 1.82) is 0 Å². The smallest absolute Gasteiger partial charge is 0.126 e. The van der Waals surface area contributed by atoms with Crippen molar-refractivity contribution in [2.24, 2.45) is 10.7 Å². The molecule has 0 aromatic heterocycles. The number of rotatable bonds is 3. The van der Waals surface area contributed by atoms with Crippen LogP contribution in [0.5, 0.6) is 0 Å². The van der Waals surface area contributed by atoms with Crippen LogP contribution >= 0.6 is 0 Å². The standard InChI is InChI=1S/C15H15FN2/c1-11(13-8-5-9-14(16)10-13)18-15(17)12-6-3-2-4-7-12/h2-11H,1H3,(H2,17,18). The van der Waals surface area contributed by atoms with E-state index in [0.717, 1.165) is 11.1 Å². The fourth-order valence-corrected chi connectivity index (χ4v) is 1.73. The molecule has 2 aromatic rings. The summed E-state index contributed by atoms with van der Waals surface area (Å²) in [7, 11) is 0. The summed E-state index contributed by atoms with van der Waals surface area (Å²) in [6.07, 6.45) is 0. The summed E-state index contributed by atoms with van der Waals surface area (Å²) in [5.74, 6) is 0.209. The largest absolute Gasteiger partial charge is 0.383 e. The molecule has 92 valence electrons. The first kappa shape index (κ1) is 12.3. The van der Waals surface area contributed by atoms with E-state index < -0.39 is 0 Å². The molecule has 2 nitrogen and oxygen atoms in total. The van der Waals surface area contributed by atoms with Crippen LogP contribution in [0.25, 0.3) is 0 Å². The summed E-state index contributed by atoms with van der Waals surface area (Å²) in [5.41, 5.74) is 7.62. The van der Waals surface area contributed by atoms with E-state index in [-0.39, 0.29) is 11.9 Å². The zero-order chi connectivity index (χ0) is 13.0. The van der Waals surface area contributed by atoms with Crippen LogP contribution in [0.2, 0.25) is 0 Å². The molecule has 0 spiro atoms. The van der Waals surface area contributed by atoms with Crippen LogP contribution in [0, 0.1) is 5.82 Å². The van der Waals surface area contributed by atoms with E-state index in [0.29, 0.717) is 5.84 Å². The van der Waals surface area contributed by atoms with Gasteiger partial charge in [-0.1, -0.05) is 42.5 Å². The van der Waals surface area contributed by atoms with Gasteiger partial charge in [0.15, 0.2) is 0 Å². The molecule has 0 fully saturated rings. The highest BCUT2D eigenvalue weighted by Crippen LogP contribution is 2.18. The van der Waals surface area contributed by atoms with Gasteiger partial charge in [0, 0.05) is 5.56 Å². The third kappa shape index (κ3) is 2.94. The molecule has 0 aliphatic carbocycles. The quantitative estimate of drug-likeness (QED) is 0.651. The fraction of sp³-hybridized carbons (Fsp3) is 0.133. The van der Waals surface area contributed by atoms with E-state index in [1.165, 1.54) is 12.1 Å². The Labute approximate surface area is 106 Å². The van der Waals surface area contributed by atoms with Crippen molar-refractivity contribution < 1.29 is 4.39 Å². The van der Waals surface area contributed by atoms with Crippen LogP contribution < -0.4 is 5.73 Å². The molecule has 0 heterocycles. The lowest BCUT2D eigenvalue weighted by molar-refractivity contribution is 0.622. The van der Waals surface area contributed by atoms with E-state index in [9.17, 15) is 4.39 Å². The Bertz CT molecular complexity index is 549. The monoisotopic (exact) mass is 242 g/mol. The van der Waals surface area contributed by atoms with Crippen molar-refractivity contribution >= 4 is 5.84 Å².